The molecule has 1 aromatic carbocycles. The Kier molecular flexibility index (Phi) is 4.62. The number of aliphatic hydroxyl groups is 1. The fourth-order valence-electron chi connectivity index (χ4n) is 1.50. The average Bonchev–Trinajstić information content (AvgIpc) is 2.23. The zero-order valence-corrected chi connectivity index (χ0v) is 11.0. The van der Waals surface area contributed by atoms with E-state index in [2.05, 4.69) is 0 Å². The third-order valence-electron chi connectivity index (χ3n) is 3.08. The van der Waals surface area contributed by atoms with E-state index in [0.717, 1.165) is 5.56 Å². The number of hydrogen-bond acceptors (Lipinski definition) is 2. The van der Waals surface area contributed by atoms with Gasteiger partial charge in [0.15, 0.2) is 0 Å². The van der Waals surface area contributed by atoms with Crippen LogP contribution in [0.5, 0.6) is 0 Å². The van der Waals surface area contributed by atoms with Gasteiger partial charge in [-0.2, -0.15) is 0 Å². The van der Waals surface area contributed by atoms with Crippen LogP contribution in [0.15, 0.2) is 18.2 Å². The van der Waals surface area contributed by atoms with Crippen molar-refractivity contribution in [3.8, 4) is 0 Å². The first kappa shape index (κ1) is 13.8. The molecule has 4 heteroatoms. The van der Waals surface area contributed by atoms with Gasteiger partial charge in [-0.3, -0.25) is 0 Å². The first-order chi connectivity index (χ1) is 7.39. The van der Waals surface area contributed by atoms with Gasteiger partial charge in [0.1, 0.15) is 0 Å². The second-order valence-electron chi connectivity index (χ2n) is 4.45. The molecule has 0 amide bonds. The summed E-state index contributed by atoms with van der Waals surface area (Å²) in [4.78, 5) is 0. The van der Waals surface area contributed by atoms with Crippen LogP contribution in [0, 0.1) is 5.41 Å². The van der Waals surface area contributed by atoms with Crippen molar-refractivity contribution in [2.45, 2.75) is 26.4 Å². The number of rotatable bonds is 4. The Morgan fingerprint density at radius 1 is 1.44 bits per heavy atom. The lowest BCUT2D eigenvalue weighted by atomic mass is 9.79. The maximum atomic E-state index is 9.74. The Balaban J connectivity index is 2.98. The Morgan fingerprint density at radius 2 is 2.06 bits per heavy atom. The zero-order chi connectivity index (χ0) is 12.3. The minimum Gasteiger partial charge on any atom is -0.393 e. The molecule has 0 spiro atoms. The molecule has 2 unspecified atom stereocenters. The van der Waals surface area contributed by atoms with Gasteiger partial charge in [0, 0.05) is 22.0 Å². The molecule has 0 fully saturated rings. The molecule has 16 heavy (non-hydrogen) atoms. The third-order valence-corrected chi connectivity index (χ3v) is 3.68. The number of nitrogens with two attached hydrogens (primary N) is 1. The molecule has 0 saturated carbocycles. The quantitative estimate of drug-likeness (QED) is 0.876. The van der Waals surface area contributed by atoms with Gasteiger partial charge < -0.3 is 10.8 Å². The van der Waals surface area contributed by atoms with E-state index >= 15 is 0 Å². The van der Waals surface area contributed by atoms with E-state index in [4.69, 9.17) is 28.9 Å². The van der Waals surface area contributed by atoms with Crippen LogP contribution in [-0.4, -0.2) is 17.8 Å². The van der Waals surface area contributed by atoms with E-state index < -0.39 is 6.10 Å². The molecule has 0 heterocycles. The molecular formula is C12H17Cl2NO. The van der Waals surface area contributed by atoms with Crippen LogP contribution in [0.4, 0.5) is 0 Å². The lowest BCUT2D eigenvalue weighted by Gasteiger charge is -2.31. The highest BCUT2D eigenvalue weighted by Gasteiger charge is 2.29. The van der Waals surface area contributed by atoms with E-state index in [1.165, 1.54) is 0 Å². The second kappa shape index (κ2) is 5.37. The SMILES string of the molecule is CC(O)C(C)(CN)Cc1cc(Cl)ccc1Cl. The Hall–Kier alpha value is -0.280. The molecule has 1 rings (SSSR count). The first-order valence-corrected chi connectivity index (χ1v) is 5.97. The van der Waals surface area contributed by atoms with Gasteiger partial charge in [0.2, 0.25) is 0 Å². The fourth-order valence-corrected chi connectivity index (χ4v) is 1.88. The van der Waals surface area contributed by atoms with Gasteiger partial charge in [-0.15, -0.1) is 0 Å². The van der Waals surface area contributed by atoms with Gasteiger partial charge in [-0.05, 0) is 37.1 Å². The van der Waals surface area contributed by atoms with Crippen LogP contribution in [0.25, 0.3) is 0 Å². The Bertz CT molecular complexity index is 368. The smallest absolute Gasteiger partial charge is 0.0580 e. The highest BCUT2D eigenvalue weighted by molar-refractivity contribution is 6.33. The van der Waals surface area contributed by atoms with Gasteiger partial charge in [0.05, 0.1) is 6.10 Å². The lowest BCUT2D eigenvalue weighted by molar-refractivity contribution is 0.0589. The van der Waals surface area contributed by atoms with E-state index in [0.29, 0.717) is 23.0 Å². The van der Waals surface area contributed by atoms with Crippen molar-refractivity contribution in [2.24, 2.45) is 11.1 Å². The summed E-state index contributed by atoms with van der Waals surface area (Å²) in [5.74, 6) is 0. The summed E-state index contributed by atoms with van der Waals surface area (Å²) in [7, 11) is 0. The molecule has 0 aliphatic carbocycles. The van der Waals surface area contributed by atoms with Gasteiger partial charge in [-0.25, -0.2) is 0 Å². The number of hydrogen-bond donors (Lipinski definition) is 2. The maximum absolute atomic E-state index is 9.74. The standard InChI is InChI=1S/C12H17Cl2NO/c1-8(16)12(2,7-15)6-9-5-10(13)3-4-11(9)14/h3-5,8,16H,6-7,15H2,1-2H3. The predicted octanol–water partition coefficient (Wildman–Crippen LogP) is 2.88. The van der Waals surface area contributed by atoms with Crippen LogP contribution in [-0.2, 0) is 6.42 Å². The summed E-state index contributed by atoms with van der Waals surface area (Å²) in [6.45, 7) is 4.08. The summed E-state index contributed by atoms with van der Waals surface area (Å²) in [5.41, 5.74) is 6.25. The normalized spacial score (nSPS) is 16.9. The molecule has 3 N–H and O–H groups in total. The van der Waals surface area contributed by atoms with Crippen molar-refractivity contribution in [1.29, 1.82) is 0 Å². The molecule has 0 aliphatic heterocycles. The van der Waals surface area contributed by atoms with Crippen molar-refractivity contribution < 1.29 is 5.11 Å². The summed E-state index contributed by atoms with van der Waals surface area (Å²) < 4.78 is 0. The summed E-state index contributed by atoms with van der Waals surface area (Å²) in [6, 6.07) is 5.33. The molecule has 2 nitrogen and oxygen atoms in total. The summed E-state index contributed by atoms with van der Waals surface area (Å²) in [5, 5.41) is 11.0. The highest BCUT2D eigenvalue weighted by Crippen LogP contribution is 2.30. The molecule has 0 aromatic heterocycles. The maximum Gasteiger partial charge on any atom is 0.0580 e. The largest absolute Gasteiger partial charge is 0.393 e. The molecule has 0 saturated heterocycles. The molecule has 0 bridgehead atoms. The van der Waals surface area contributed by atoms with E-state index in [1.807, 2.05) is 13.0 Å². The van der Waals surface area contributed by atoms with Crippen LogP contribution in [0.2, 0.25) is 10.0 Å². The van der Waals surface area contributed by atoms with E-state index in [1.54, 1.807) is 19.1 Å². The Labute approximate surface area is 106 Å². The molecule has 2 atom stereocenters. The number of halogens is 2. The van der Waals surface area contributed by atoms with Crippen molar-refractivity contribution in [3.05, 3.63) is 33.8 Å². The summed E-state index contributed by atoms with van der Waals surface area (Å²) >= 11 is 12.0. The fraction of sp³-hybridized carbons (Fsp3) is 0.500. The number of aliphatic hydroxyl groups excluding tert-OH is 1. The van der Waals surface area contributed by atoms with E-state index in [-0.39, 0.29) is 5.41 Å². The van der Waals surface area contributed by atoms with Crippen molar-refractivity contribution in [2.75, 3.05) is 6.54 Å². The molecule has 0 aliphatic rings. The average molecular weight is 262 g/mol. The minimum atomic E-state index is -0.493. The van der Waals surface area contributed by atoms with Crippen LogP contribution in [0.1, 0.15) is 19.4 Å². The monoisotopic (exact) mass is 261 g/mol. The molecule has 1 aromatic rings. The van der Waals surface area contributed by atoms with Crippen molar-refractivity contribution >= 4 is 23.2 Å². The van der Waals surface area contributed by atoms with Crippen molar-refractivity contribution in [3.63, 3.8) is 0 Å². The Morgan fingerprint density at radius 3 is 2.56 bits per heavy atom. The van der Waals surface area contributed by atoms with Gasteiger partial charge in [0.25, 0.3) is 0 Å². The van der Waals surface area contributed by atoms with Gasteiger partial charge in [-0.1, -0.05) is 30.1 Å². The minimum absolute atomic E-state index is 0.381. The topological polar surface area (TPSA) is 46.2 Å². The first-order valence-electron chi connectivity index (χ1n) is 5.21. The third kappa shape index (κ3) is 3.11. The summed E-state index contributed by atoms with van der Waals surface area (Å²) in [6.07, 6.45) is 0.119. The van der Waals surface area contributed by atoms with Crippen LogP contribution < -0.4 is 5.73 Å². The highest BCUT2D eigenvalue weighted by atomic mass is 35.5. The molecule has 0 radical (unpaired) electrons. The van der Waals surface area contributed by atoms with Crippen molar-refractivity contribution in [1.82, 2.24) is 0 Å². The predicted molar refractivity (Wildman–Crippen MR) is 69.0 cm³/mol. The van der Waals surface area contributed by atoms with Crippen LogP contribution >= 0.6 is 23.2 Å². The van der Waals surface area contributed by atoms with E-state index in [9.17, 15) is 5.11 Å². The zero-order valence-electron chi connectivity index (χ0n) is 9.50. The van der Waals surface area contributed by atoms with Gasteiger partial charge >= 0.3 is 0 Å². The van der Waals surface area contributed by atoms with Crippen LogP contribution in [0.3, 0.4) is 0 Å². The number of benzene rings is 1. The lowest BCUT2D eigenvalue weighted by Crippen LogP contribution is -2.39. The molecule has 90 valence electrons. The second-order valence-corrected chi connectivity index (χ2v) is 5.29. The molecular weight excluding hydrogens is 245 g/mol.